The van der Waals surface area contributed by atoms with Gasteiger partial charge in [-0.2, -0.15) is 0 Å². The Hall–Kier alpha value is -2.10. The Morgan fingerprint density at radius 2 is 1.80 bits per heavy atom. The van der Waals surface area contributed by atoms with Crippen molar-refractivity contribution in [2.75, 3.05) is 0 Å². The normalized spacial score (nSPS) is 10.2. The molecule has 1 aromatic heterocycles. The lowest BCUT2D eigenvalue weighted by atomic mass is 10.1. The van der Waals surface area contributed by atoms with Gasteiger partial charge >= 0.3 is 0 Å². The molecule has 0 amide bonds. The summed E-state index contributed by atoms with van der Waals surface area (Å²) in [5.74, 6) is 1.23. The van der Waals surface area contributed by atoms with Crippen molar-refractivity contribution >= 4 is 5.69 Å². The van der Waals surface area contributed by atoms with Gasteiger partial charge in [0.25, 0.3) is 5.69 Å². The number of furan rings is 1. The zero-order chi connectivity index (χ0) is 10.8. The van der Waals surface area contributed by atoms with E-state index in [1.807, 2.05) is 0 Å². The van der Waals surface area contributed by atoms with Crippen molar-refractivity contribution in [2.24, 2.45) is 0 Å². The second kappa shape index (κ2) is 3.57. The van der Waals surface area contributed by atoms with Gasteiger partial charge in [-0.05, 0) is 24.3 Å². The molecule has 75 valence electrons. The molecule has 0 unspecified atom stereocenters. The molecule has 0 fully saturated rings. The Bertz CT molecular complexity index is 485. The third-order valence-corrected chi connectivity index (χ3v) is 2.02. The molecule has 0 aliphatic rings. The van der Waals surface area contributed by atoms with Crippen molar-refractivity contribution in [1.82, 2.24) is 0 Å². The number of hydrogen-bond donors (Lipinski definition) is 0. The van der Waals surface area contributed by atoms with Crippen molar-refractivity contribution in [3.63, 3.8) is 0 Å². The van der Waals surface area contributed by atoms with Crippen molar-refractivity contribution in [2.45, 2.75) is 0 Å². The molecule has 0 aliphatic heterocycles. The van der Waals surface area contributed by atoms with E-state index in [4.69, 9.17) is 4.42 Å². The van der Waals surface area contributed by atoms with E-state index < -0.39 is 4.92 Å². The van der Waals surface area contributed by atoms with Crippen molar-refractivity contribution < 1.29 is 9.34 Å². The molecule has 1 radical (unpaired) electrons. The number of nitrogens with zero attached hydrogens (tertiary/aromatic N) is 1. The molecule has 0 saturated heterocycles. The first-order valence-corrected chi connectivity index (χ1v) is 4.33. The van der Waals surface area contributed by atoms with E-state index in [0.29, 0.717) is 11.5 Å². The second-order valence-electron chi connectivity index (χ2n) is 3.07. The van der Waals surface area contributed by atoms with E-state index in [2.05, 4.69) is 6.92 Å². The van der Waals surface area contributed by atoms with E-state index in [-0.39, 0.29) is 5.69 Å². The fourth-order valence-corrected chi connectivity index (χ4v) is 1.28. The zero-order valence-electron chi connectivity index (χ0n) is 7.84. The standard InChI is InChI=1S/C11H8NO3/c1-8-2-7-11(15-8)9-3-5-10(6-4-9)12(13)14/h2-7H,1H2. The fourth-order valence-electron chi connectivity index (χ4n) is 1.28. The molecular formula is C11H8NO3. The van der Waals surface area contributed by atoms with Crippen molar-refractivity contribution in [1.29, 1.82) is 0 Å². The van der Waals surface area contributed by atoms with Crippen LogP contribution in [0, 0.1) is 17.0 Å². The number of hydrogen-bond acceptors (Lipinski definition) is 3. The molecule has 15 heavy (non-hydrogen) atoms. The van der Waals surface area contributed by atoms with Crippen LogP contribution in [0.2, 0.25) is 0 Å². The van der Waals surface area contributed by atoms with E-state index in [1.165, 1.54) is 12.1 Å². The topological polar surface area (TPSA) is 56.3 Å². The second-order valence-corrected chi connectivity index (χ2v) is 3.07. The first kappa shape index (κ1) is 9.45. The minimum atomic E-state index is -0.432. The van der Waals surface area contributed by atoms with Crippen LogP contribution in [0.25, 0.3) is 11.3 Å². The van der Waals surface area contributed by atoms with Crippen LogP contribution < -0.4 is 0 Å². The maximum Gasteiger partial charge on any atom is 0.269 e. The van der Waals surface area contributed by atoms with Crippen LogP contribution in [0.1, 0.15) is 5.76 Å². The summed E-state index contributed by atoms with van der Waals surface area (Å²) in [5.41, 5.74) is 0.871. The molecular weight excluding hydrogens is 194 g/mol. The van der Waals surface area contributed by atoms with Crippen LogP contribution in [0.3, 0.4) is 0 Å². The summed E-state index contributed by atoms with van der Waals surface area (Å²) >= 11 is 0. The first-order chi connectivity index (χ1) is 7.16. The molecule has 1 heterocycles. The van der Waals surface area contributed by atoms with Gasteiger partial charge in [-0.25, -0.2) is 0 Å². The minimum absolute atomic E-state index is 0.0696. The van der Waals surface area contributed by atoms with Gasteiger partial charge in [-0.3, -0.25) is 10.1 Å². The third kappa shape index (κ3) is 1.88. The van der Waals surface area contributed by atoms with Crippen LogP contribution in [-0.4, -0.2) is 4.92 Å². The van der Waals surface area contributed by atoms with Gasteiger partial charge in [0.15, 0.2) is 0 Å². The molecule has 2 aromatic rings. The number of nitro groups is 1. The maximum absolute atomic E-state index is 10.4. The monoisotopic (exact) mass is 202 g/mol. The molecule has 4 heteroatoms. The Morgan fingerprint density at radius 1 is 1.13 bits per heavy atom. The van der Waals surface area contributed by atoms with E-state index in [0.717, 1.165) is 5.56 Å². The SMILES string of the molecule is [CH2]c1ccc(-c2ccc([N+](=O)[O-])cc2)o1. The predicted molar refractivity (Wildman–Crippen MR) is 55.3 cm³/mol. The van der Waals surface area contributed by atoms with Gasteiger partial charge in [0.05, 0.1) is 4.92 Å². The summed E-state index contributed by atoms with van der Waals surface area (Å²) in [6.45, 7) is 3.64. The molecule has 4 nitrogen and oxygen atoms in total. The number of benzene rings is 1. The predicted octanol–water partition coefficient (Wildman–Crippen LogP) is 3.04. The average molecular weight is 202 g/mol. The highest BCUT2D eigenvalue weighted by Crippen LogP contribution is 2.23. The largest absolute Gasteiger partial charge is 0.461 e. The Balaban J connectivity index is 2.35. The van der Waals surface area contributed by atoms with Crippen LogP contribution in [0.15, 0.2) is 40.8 Å². The zero-order valence-corrected chi connectivity index (χ0v) is 7.84. The van der Waals surface area contributed by atoms with E-state index in [9.17, 15) is 10.1 Å². The first-order valence-electron chi connectivity index (χ1n) is 4.33. The van der Waals surface area contributed by atoms with Crippen LogP contribution in [-0.2, 0) is 0 Å². The quantitative estimate of drug-likeness (QED) is 0.555. The Labute approximate surface area is 86.3 Å². The summed E-state index contributed by atoms with van der Waals surface area (Å²) in [6, 6.07) is 9.72. The molecule has 0 saturated carbocycles. The highest BCUT2D eigenvalue weighted by atomic mass is 16.6. The molecule has 0 aliphatic carbocycles. The lowest BCUT2D eigenvalue weighted by molar-refractivity contribution is -0.384. The van der Waals surface area contributed by atoms with Crippen molar-refractivity contribution in [3.05, 3.63) is 59.2 Å². The molecule has 0 spiro atoms. The van der Waals surface area contributed by atoms with E-state index in [1.54, 1.807) is 24.3 Å². The van der Waals surface area contributed by atoms with Gasteiger partial charge in [-0.15, -0.1) is 0 Å². The molecule has 0 atom stereocenters. The number of non-ortho nitro benzene ring substituents is 1. The molecule has 0 bridgehead atoms. The minimum Gasteiger partial charge on any atom is -0.461 e. The molecule has 2 rings (SSSR count). The highest BCUT2D eigenvalue weighted by molar-refractivity contribution is 5.59. The number of nitro benzene ring substituents is 1. The third-order valence-electron chi connectivity index (χ3n) is 2.02. The lowest BCUT2D eigenvalue weighted by Crippen LogP contribution is -1.86. The molecule has 1 aromatic carbocycles. The van der Waals surface area contributed by atoms with Crippen LogP contribution in [0.5, 0.6) is 0 Å². The van der Waals surface area contributed by atoms with Gasteiger partial charge < -0.3 is 4.42 Å². The smallest absolute Gasteiger partial charge is 0.269 e. The summed E-state index contributed by atoms with van der Waals surface area (Å²) in [7, 11) is 0. The highest BCUT2D eigenvalue weighted by Gasteiger charge is 2.06. The van der Waals surface area contributed by atoms with Gasteiger partial charge in [0, 0.05) is 24.6 Å². The number of rotatable bonds is 2. The maximum atomic E-state index is 10.4. The fraction of sp³-hybridized carbons (Fsp3) is 0. The van der Waals surface area contributed by atoms with Crippen LogP contribution >= 0.6 is 0 Å². The lowest BCUT2D eigenvalue weighted by Gasteiger charge is -1.96. The summed E-state index contributed by atoms with van der Waals surface area (Å²) < 4.78 is 5.29. The van der Waals surface area contributed by atoms with Gasteiger partial charge in [-0.1, -0.05) is 0 Å². The summed E-state index contributed by atoms with van der Waals surface area (Å²) in [6.07, 6.45) is 0. The van der Waals surface area contributed by atoms with E-state index >= 15 is 0 Å². The van der Waals surface area contributed by atoms with Gasteiger partial charge in [0.1, 0.15) is 11.5 Å². The van der Waals surface area contributed by atoms with Crippen molar-refractivity contribution in [3.8, 4) is 11.3 Å². The Morgan fingerprint density at radius 3 is 2.27 bits per heavy atom. The Kier molecular flexibility index (Phi) is 2.25. The summed E-state index contributed by atoms with van der Waals surface area (Å²) in [5, 5.41) is 10.4. The molecule has 0 N–H and O–H groups in total. The van der Waals surface area contributed by atoms with Crippen LogP contribution in [0.4, 0.5) is 5.69 Å². The van der Waals surface area contributed by atoms with Gasteiger partial charge in [0.2, 0.25) is 0 Å². The summed E-state index contributed by atoms with van der Waals surface area (Å²) in [4.78, 5) is 9.99. The average Bonchev–Trinajstić information content (AvgIpc) is 2.65.